The van der Waals surface area contributed by atoms with Crippen LogP contribution in [0, 0.1) is 5.82 Å². The lowest BCUT2D eigenvalue weighted by molar-refractivity contribution is 0.0652. The maximum absolute atomic E-state index is 13.2. The molecule has 2 aromatic carbocycles. The highest BCUT2D eigenvalue weighted by atomic mass is 19.1. The van der Waals surface area contributed by atoms with Crippen molar-refractivity contribution in [2.45, 2.75) is 26.2 Å². The molecule has 0 spiro atoms. The average molecular weight is 368 g/mol. The summed E-state index contributed by atoms with van der Waals surface area (Å²) in [5.41, 5.74) is 1.73. The van der Waals surface area contributed by atoms with Gasteiger partial charge in [-0.1, -0.05) is 25.5 Å². The van der Waals surface area contributed by atoms with E-state index in [0.717, 1.165) is 18.4 Å². The van der Waals surface area contributed by atoms with Gasteiger partial charge in [-0.15, -0.1) is 0 Å². The summed E-state index contributed by atoms with van der Waals surface area (Å²) in [6.07, 6.45) is 2.13. The molecule has 3 amide bonds. The third kappa shape index (κ3) is 4.05. The van der Waals surface area contributed by atoms with Crippen molar-refractivity contribution in [1.82, 2.24) is 10.2 Å². The van der Waals surface area contributed by atoms with Gasteiger partial charge in [0.2, 0.25) is 0 Å². The van der Waals surface area contributed by atoms with Crippen LogP contribution in [0.1, 0.15) is 56.4 Å². The minimum Gasteiger partial charge on any atom is -0.352 e. The van der Waals surface area contributed by atoms with Gasteiger partial charge in [0.05, 0.1) is 11.1 Å². The molecule has 0 aromatic heterocycles. The van der Waals surface area contributed by atoms with E-state index < -0.39 is 0 Å². The van der Waals surface area contributed by atoms with Gasteiger partial charge in [0.1, 0.15) is 5.82 Å². The monoisotopic (exact) mass is 368 g/mol. The molecule has 5 nitrogen and oxygen atoms in total. The highest BCUT2D eigenvalue weighted by molar-refractivity contribution is 6.22. The second-order valence-corrected chi connectivity index (χ2v) is 6.51. The van der Waals surface area contributed by atoms with Crippen LogP contribution in [0.3, 0.4) is 0 Å². The van der Waals surface area contributed by atoms with Crippen LogP contribution in [0.5, 0.6) is 0 Å². The number of amides is 3. The molecular formula is C21H21FN2O3. The lowest BCUT2D eigenvalue weighted by Gasteiger charge is -2.12. The standard InChI is InChI=1S/C21H21FN2O3/c1-2-3-11-24-20(26)17-8-7-15(13-18(17)21(24)27)19(25)23-10-9-14-5-4-6-16(22)12-14/h4-8,12-13H,2-3,9-11H2,1H3,(H,23,25). The van der Waals surface area contributed by atoms with E-state index in [-0.39, 0.29) is 29.1 Å². The SMILES string of the molecule is CCCCN1C(=O)c2ccc(C(=O)NCCc3cccc(F)c3)cc2C1=O. The molecule has 2 aromatic rings. The van der Waals surface area contributed by atoms with Gasteiger partial charge in [0, 0.05) is 18.7 Å². The third-order valence-corrected chi connectivity index (χ3v) is 4.56. The zero-order valence-corrected chi connectivity index (χ0v) is 15.1. The first kappa shape index (κ1) is 18.8. The molecule has 0 atom stereocenters. The number of hydrogen-bond donors (Lipinski definition) is 1. The van der Waals surface area contributed by atoms with Crippen molar-refractivity contribution in [3.8, 4) is 0 Å². The number of halogens is 1. The predicted octanol–water partition coefficient (Wildman–Crippen LogP) is 3.19. The molecule has 1 heterocycles. The molecule has 6 heteroatoms. The highest BCUT2D eigenvalue weighted by Crippen LogP contribution is 2.24. The molecule has 27 heavy (non-hydrogen) atoms. The van der Waals surface area contributed by atoms with Crippen LogP contribution in [0.25, 0.3) is 0 Å². The van der Waals surface area contributed by atoms with E-state index >= 15 is 0 Å². The first-order chi connectivity index (χ1) is 13.0. The first-order valence-corrected chi connectivity index (χ1v) is 9.04. The van der Waals surface area contributed by atoms with E-state index in [1.54, 1.807) is 18.2 Å². The summed E-state index contributed by atoms with van der Waals surface area (Å²) in [5.74, 6) is -1.30. The molecule has 0 fully saturated rings. The van der Waals surface area contributed by atoms with Crippen molar-refractivity contribution < 1.29 is 18.8 Å². The number of carbonyl (C=O) groups is 3. The van der Waals surface area contributed by atoms with Crippen LogP contribution < -0.4 is 5.32 Å². The van der Waals surface area contributed by atoms with Crippen LogP contribution >= 0.6 is 0 Å². The molecule has 0 saturated carbocycles. The lowest BCUT2D eigenvalue weighted by Crippen LogP contribution is -2.30. The summed E-state index contributed by atoms with van der Waals surface area (Å²) < 4.78 is 13.2. The number of carbonyl (C=O) groups excluding carboxylic acids is 3. The molecule has 0 bridgehead atoms. The van der Waals surface area contributed by atoms with Gasteiger partial charge in [0.15, 0.2) is 0 Å². The quantitative estimate of drug-likeness (QED) is 0.763. The van der Waals surface area contributed by atoms with E-state index in [9.17, 15) is 18.8 Å². The summed E-state index contributed by atoms with van der Waals surface area (Å²) in [6, 6.07) is 10.8. The Morgan fingerprint density at radius 2 is 1.85 bits per heavy atom. The maximum Gasteiger partial charge on any atom is 0.261 e. The largest absolute Gasteiger partial charge is 0.352 e. The number of benzene rings is 2. The third-order valence-electron chi connectivity index (χ3n) is 4.56. The number of fused-ring (bicyclic) bond motifs is 1. The Hall–Kier alpha value is -3.02. The van der Waals surface area contributed by atoms with E-state index in [1.807, 2.05) is 6.92 Å². The zero-order valence-electron chi connectivity index (χ0n) is 15.1. The molecule has 0 saturated heterocycles. The fourth-order valence-electron chi connectivity index (χ4n) is 3.07. The van der Waals surface area contributed by atoms with Gasteiger partial charge in [-0.25, -0.2) is 4.39 Å². The molecule has 1 aliphatic heterocycles. The summed E-state index contributed by atoms with van der Waals surface area (Å²) >= 11 is 0. The number of imide groups is 1. The van der Waals surface area contributed by atoms with Gasteiger partial charge in [-0.2, -0.15) is 0 Å². The van der Waals surface area contributed by atoms with Gasteiger partial charge < -0.3 is 5.32 Å². The second kappa shape index (κ2) is 8.12. The van der Waals surface area contributed by atoms with Crippen molar-refractivity contribution in [3.05, 3.63) is 70.5 Å². The summed E-state index contributed by atoms with van der Waals surface area (Å²) in [6.45, 7) is 2.72. The summed E-state index contributed by atoms with van der Waals surface area (Å²) in [4.78, 5) is 38.4. The molecule has 0 radical (unpaired) electrons. The van der Waals surface area contributed by atoms with Gasteiger partial charge in [-0.05, 0) is 48.7 Å². The minimum absolute atomic E-state index is 0.272. The van der Waals surface area contributed by atoms with Crippen molar-refractivity contribution >= 4 is 17.7 Å². The summed E-state index contributed by atoms with van der Waals surface area (Å²) in [5, 5.41) is 2.76. The number of nitrogens with one attached hydrogen (secondary N) is 1. The van der Waals surface area contributed by atoms with Gasteiger partial charge >= 0.3 is 0 Å². The molecule has 1 aliphatic rings. The van der Waals surface area contributed by atoms with Gasteiger partial charge in [0.25, 0.3) is 17.7 Å². The van der Waals surface area contributed by atoms with E-state index in [0.29, 0.717) is 30.6 Å². The van der Waals surface area contributed by atoms with Gasteiger partial charge in [-0.3, -0.25) is 19.3 Å². The minimum atomic E-state index is -0.349. The van der Waals surface area contributed by atoms with E-state index in [1.165, 1.54) is 29.2 Å². The molecule has 0 unspecified atom stereocenters. The normalized spacial score (nSPS) is 13.0. The van der Waals surface area contributed by atoms with Crippen molar-refractivity contribution in [2.75, 3.05) is 13.1 Å². The fourth-order valence-corrected chi connectivity index (χ4v) is 3.07. The number of rotatable bonds is 7. The molecule has 1 N–H and O–H groups in total. The Bertz CT molecular complexity index is 895. The van der Waals surface area contributed by atoms with Crippen LogP contribution in [0.15, 0.2) is 42.5 Å². The van der Waals surface area contributed by atoms with Crippen LogP contribution in [0.2, 0.25) is 0 Å². The van der Waals surface area contributed by atoms with Crippen molar-refractivity contribution in [2.24, 2.45) is 0 Å². The lowest BCUT2D eigenvalue weighted by atomic mass is 10.1. The maximum atomic E-state index is 13.2. The van der Waals surface area contributed by atoms with Crippen molar-refractivity contribution in [3.63, 3.8) is 0 Å². The van der Waals surface area contributed by atoms with Crippen LogP contribution in [0.4, 0.5) is 4.39 Å². The van der Waals surface area contributed by atoms with E-state index in [4.69, 9.17) is 0 Å². The summed E-state index contributed by atoms with van der Waals surface area (Å²) in [7, 11) is 0. The first-order valence-electron chi connectivity index (χ1n) is 9.04. The molecule has 3 rings (SSSR count). The molecular weight excluding hydrogens is 347 g/mol. The Morgan fingerprint density at radius 1 is 1.07 bits per heavy atom. The smallest absolute Gasteiger partial charge is 0.261 e. The highest BCUT2D eigenvalue weighted by Gasteiger charge is 2.35. The topological polar surface area (TPSA) is 66.5 Å². The Labute approximate surface area is 157 Å². The number of nitrogens with zero attached hydrogens (tertiary/aromatic N) is 1. The van der Waals surface area contributed by atoms with Crippen LogP contribution in [-0.2, 0) is 6.42 Å². The fraction of sp³-hybridized carbons (Fsp3) is 0.286. The second-order valence-electron chi connectivity index (χ2n) is 6.51. The average Bonchev–Trinajstić information content (AvgIpc) is 2.90. The zero-order chi connectivity index (χ0) is 19.4. The predicted molar refractivity (Wildman–Crippen MR) is 99.2 cm³/mol. The molecule has 0 aliphatic carbocycles. The number of hydrogen-bond acceptors (Lipinski definition) is 3. The molecule has 140 valence electrons. The Balaban J connectivity index is 1.65. The Kier molecular flexibility index (Phi) is 5.64. The van der Waals surface area contributed by atoms with Crippen LogP contribution in [-0.4, -0.2) is 35.7 Å². The van der Waals surface area contributed by atoms with Crippen molar-refractivity contribution in [1.29, 1.82) is 0 Å². The number of unbranched alkanes of at least 4 members (excludes halogenated alkanes) is 1. The Morgan fingerprint density at radius 3 is 2.59 bits per heavy atom. The van der Waals surface area contributed by atoms with E-state index in [2.05, 4.69) is 5.32 Å².